The maximum Gasteiger partial charge on any atom is 0.254 e. The average Bonchev–Trinajstić information content (AvgIpc) is 2.68. The van der Waals surface area contributed by atoms with Gasteiger partial charge in [-0.2, -0.15) is 0 Å². The van der Waals surface area contributed by atoms with Crippen LogP contribution in [0.3, 0.4) is 0 Å². The van der Waals surface area contributed by atoms with E-state index in [0.717, 1.165) is 11.3 Å². The van der Waals surface area contributed by atoms with E-state index in [4.69, 9.17) is 18.9 Å². The van der Waals surface area contributed by atoms with E-state index in [1.807, 2.05) is 31.2 Å². The summed E-state index contributed by atoms with van der Waals surface area (Å²) in [6.07, 6.45) is 0. The molecule has 2 aromatic carbocycles. The predicted octanol–water partition coefficient (Wildman–Crippen LogP) is 3.14. The second-order valence-electron chi connectivity index (χ2n) is 5.94. The number of fused-ring (bicyclic) bond motifs is 1. The summed E-state index contributed by atoms with van der Waals surface area (Å²) in [5.74, 6) is 2.29. The molecule has 1 aliphatic heterocycles. The molecule has 0 saturated heterocycles. The molecule has 0 bridgehead atoms. The summed E-state index contributed by atoms with van der Waals surface area (Å²) >= 11 is 0. The molecule has 0 spiro atoms. The van der Waals surface area contributed by atoms with Gasteiger partial charge in [0.2, 0.25) is 5.75 Å². The number of benzene rings is 2. The van der Waals surface area contributed by atoms with Crippen molar-refractivity contribution in [2.24, 2.45) is 0 Å². The predicted molar refractivity (Wildman–Crippen MR) is 97.4 cm³/mol. The second kappa shape index (κ2) is 7.99. The van der Waals surface area contributed by atoms with Gasteiger partial charge in [-0.25, -0.2) is 0 Å². The van der Waals surface area contributed by atoms with E-state index in [2.05, 4.69) is 0 Å². The van der Waals surface area contributed by atoms with Crippen LogP contribution in [0.2, 0.25) is 0 Å². The lowest BCUT2D eigenvalue weighted by Crippen LogP contribution is -2.26. The van der Waals surface area contributed by atoms with Crippen LogP contribution in [0, 0.1) is 0 Å². The molecule has 0 aliphatic carbocycles. The molecule has 1 heterocycles. The summed E-state index contributed by atoms with van der Waals surface area (Å²) in [5.41, 5.74) is 1.52. The minimum absolute atomic E-state index is 0.117. The first kappa shape index (κ1) is 17.9. The summed E-state index contributed by atoms with van der Waals surface area (Å²) in [4.78, 5) is 14.5. The molecular weight excluding hydrogens is 334 g/mol. The van der Waals surface area contributed by atoms with Crippen molar-refractivity contribution < 1.29 is 23.7 Å². The molecule has 0 unspecified atom stereocenters. The van der Waals surface area contributed by atoms with Crippen molar-refractivity contribution in [3.63, 3.8) is 0 Å². The Morgan fingerprint density at radius 1 is 1.15 bits per heavy atom. The quantitative estimate of drug-likeness (QED) is 0.795. The third-order valence-corrected chi connectivity index (χ3v) is 4.08. The molecule has 6 nitrogen and oxygen atoms in total. The Kier molecular flexibility index (Phi) is 5.51. The first-order valence-electron chi connectivity index (χ1n) is 8.57. The minimum Gasteiger partial charge on any atom is -0.494 e. The monoisotopic (exact) mass is 357 g/mol. The molecule has 26 heavy (non-hydrogen) atoms. The fourth-order valence-corrected chi connectivity index (χ4v) is 2.82. The molecule has 1 aliphatic rings. The van der Waals surface area contributed by atoms with Crippen LogP contribution in [0.5, 0.6) is 23.0 Å². The number of hydrogen-bond acceptors (Lipinski definition) is 5. The van der Waals surface area contributed by atoms with Gasteiger partial charge in [0.25, 0.3) is 5.91 Å². The molecule has 0 atom stereocenters. The Labute approximate surface area is 153 Å². The zero-order chi connectivity index (χ0) is 18.5. The second-order valence-corrected chi connectivity index (χ2v) is 5.94. The van der Waals surface area contributed by atoms with Crippen LogP contribution in [0.4, 0.5) is 0 Å². The van der Waals surface area contributed by atoms with Gasteiger partial charge >= 0.3 is 0 Å². The van der Waals surface area contributed by atoms with E-state index in [0.29, 0.717) is 49.2 Å². The first-order chi connectivity index (χ1) is 12.6. The number of nitrogens with zero attached hydrogens (tertiary/aromatic N) is 1. The standard InChI is InChI=1S/C20H23NO5/c1-4-24-16-7-5-14(6-8-16)13-21(2)20(22)15-11-17(23-3)19-18(12-15)25-9-10-26-19/h5-8,11-12H,4,9-10,13H2,1-3H3. The molecule has 0 fully saturated rings. The molecule has 0 N–H and O–H groups in total. The zero-order valence-corrected chi connectivity index (χ0v) is 15.3. The lowest BCUT2D eigenvalue weighted by atomic mass is 10.1. The van der Waals surface area contributed by atoms with Crippen molar-refractivity contribution in [2.75, 3.05) is 34.0 Å². The Hall–Kier alpha value is -2.89. The van der Waals surface area contributed by atoms with Gasteiger partial charge in [-0.1, -0.05) is 12.1 Å². The van der Waals surface area contributed by atoms with Gasteiger partial charge in [0.05, 0.1) is 13.7 Å². The summed E-state index contributed by atoms with van der Waals surface area (Å²) in [6.45, 7) is 3.98. The molecule has 0 saturated carbocycles. The van der Waals surface area contributed by atoms with Gasteiger partial charge < -0.3 is 23.8 Å². The lowest BCUT2D eigenvalue weighted by Gasteiger charge is -2.23. The molecule has 2 aromatic rings. The normalized spacial score (nSPS) is 12.4. The minimum atomic E-state index is -0.117. The maximum atomic E-state index is 12.8. The van der Waals surface area contributed by atoms with Crippen LogP contribution in [0.25, 0.3) is 0 Å². The highest BCUT2D eigenvalue weighted by Gasteiger charge is 2.22. The topological polar surface area (TPSA) is 57.2 Å². The van der Waals surface area contributed by atoms with Crippen LogP contribution < -0.4 is 18.9 Å². The van der Waals surface area contributed by atoms with Crippen molar-refractivity contribution in [3.8, 4) is 23.0 Å². The molecule has 3 rings (SSSR count). The summed E-state index contributed by atoms with van der Waals surface area (Å²) in [6, 6.07) is 11.1. The van der Waals surface area contributed by atoms with Crippen molar-refractivity contribution in [3.05, 3.63) is 47.5 Å². The Bertz CT molecular complexity index is 755. The Morgan fingerprint density at radius 2 is 1.88 bits per heavy atom. The summed E-state index contributed by atoms with van der Waals surface area (Å²) in [5, 5.41) is 0. The Balaban J connectivity index is 1.75. The Morgan fingerprint density at radius 3 is 2.58 bits per heavy atom. The first-order valence-corrected chi connectivity index (χ1v) is 8.57. The van der Waals surface area contributed by atoms with Gasteiger partial charge in [0.15, 0.2) is 11.5 Å². The molecule has 0 radical (unpaired) electrons. The fourth-order valence-electron chi connectivity index (χ4n) is 2.82. The van der Waals surface area contributed by atoms with E-state index in [1.165, 1.54) is 0 Å². The van der Waals surface area contributed by atoms with E-state index >= 15 is 0 Å². The average molecular weight is 357 g/mol. The van der Waals surface area contributed by atoms with Gasteiger partial charge in [0, 0.05) is 19.2 Å². The number of amides is 1. The van der Waals surface area contributed by atoms with E-state index < -0.39 is 0 Å². The SMILES string of the molecule is CCOc1ccc(CN(C)C(=O)c2cc(OC)c3c(c2)OCCO3)cc1. The maximum absolute atomic E-state index is 12.8. The van der Waals surface area contributed by atoms with Gasteiger partial charge in [-0.05, 0) is 36.8 Å². The molecule has 138 valence electrons. The third-order valence-electron chi connectivity index (χ3n) is 4.08. The van der Waals surface area contributed by atoms with Crippen LogP contribution >= 0.6 is 0 Å². The largest absolute Gasteiger partial charge is 0.494 e. The number of carbonyl (C=O) groups is 1. The highest BCUT2D eigenvalue weighted by atomic mass is 16.6. The third kappa shape index (κ3) is 3.85. The molecule has 0 aromatic heterocycles. The van der Waals surface area contributed by atoms with Crippen molar-refractivity contribution in [1.82, 2.24) is 4.90 Å². The van der Waals surface area contributed by atoms with Crippen LogP contribution in [0.1, 0.15) is 22.8 Å². The number of carbonyl (C=O) groups excluding carboxylic acids is 1. The van der Waals surface area contributed by atoms with E-state index in [9.17, 15) is 4.79 Å². The van der Waals surface area contributed by atoms with Gasteiger partial charge in [0.1, 0.15) is 19.0 Å². The molecule has 6 heteroatoms. The van der Waals surface area contributed by atoms with E-state index in [1.54, 1.807) is 31.2 Å². The summed E-state index contributed by atoms with van der Waals surface area (Å²) in [7, 11) is 3.31. The smallest absolute Gasteiger partial charge is 0.254 e. The highest BCUT2D eigenvalue weighted by Crippen LogP contribution is 2.40. The molecular formula is C20H23NO5. The molecule has 1 amide bonds. The number of ether oxygens (including phenoxy) is 4. The lowest BCUT2D eigenvalue weighted by molar-refractivity contribution is 0.0783. The zero-order valence-electron chi connectivity index (χ0n) is 15.3. The fraction of sp³-hybridized carbons (Fsp3) is 0.350. The van der Waals surface area contributed by atoms with Crippen molar-refractivity contribution >= 4 is 5.91 Å². The number of rotatable bonds is 6. The van der Waals surface area contributed by atoms with Crippen LogP contribution in [0.15, 0.2) is 36.4 Å². The van der Waals surface area contributed by atoms with E-state index in [-0.39, 0.29) is 5.91 Å². The van der Waals surface area contributed by atoms with Crippen molar-refractivity contribution in [2.45, 2.75) is 13.5 Å². The number of hydrogen-bond donors (Lipinski definition) is 0. The number of methoxy groups -OCH3 is 1. The van der Waals surface area contributed by atoms with Crippen molar-refractivity contribution in [1.29, 1.82) is 0 Å². The van der Waals surface area contributed by atoms with Crippen LogP contribution in [-0.2, 0) is 6.54 Å². The van der Waals surface area contributed by atoms with Gasteiger partial charge in [-0.3, -0.25) is 4.79 Å². The van der Waals surface area contributed by atoms with Crippen LogP contribution in [-0.4, -0.2) is 44.8 Å². The summed E-state index contributed by atoms with van der Waals surface area (Å²) < 4.78 is 22.0. The van der Waals surface area contributed by atoms with Gasteiger partial charge in [-0.15, -0.1) is 0 Å². The highest BCUT2D eigenvalue weighted by molar-refractivity contribution is 5.95.